The van der Waals surface area contributed by atoms with E-state index in [1.807, 2.05) is 42.5 Å². The van der Waals surface area contributed by atoms with E-state index >= 15 is 0 Å². The normalized spacial score (nSPS) is 16.8. The molecular weight excluding hydrogens is 404 g/mol. The van der Waals surface area contributed by atoms with Crippen LogP contribution in [-0.4, -0.2) is 41.5 Å². The summed E-state index contributed by atoms with van der Waals surface area (Å²) in [5, 5.41) is 1.74. The van der Waals surface area contributed by atoms with E-state index in [9.17, 15) is 9.59 Å². The molecule has 0 bridgehead atoms. The average Bonchev–Trinajstić information content (AvgIpc) is 3.10. The highest BCUT2D eigenvalue weighted by atomic mass is 35.5. The van der Waals surface area contributed by atoms with E-state index in [1.165, 1.54) is 6.92 Å². The monoisotopic (exact) mass is 426 g/mol. The molecule has 156 valence electrons. The number of methoxy groups -OCH3 is 1. The summed E-state index contributed by atoms with van der Waals surface area (Å²) in [5.41, 5.74) is 4.02. The highest BCUT2D eigenvalue weighted by Gasteiger charge is 2.37. The topological polar surface area (TPSA) is 71.6 Å². The molecule has 1 N–H and O–H groups in total. The van der Waals surface area contributed by atoms with Crippen molar-refractivity contribution in [3.63, 3.8) is 0 Å². The van der Waals surface area contributed by atoms with Crippen molar-refractivity contribution in [1.29, 1.82) is 0 Å². The molecule has 0 saturated heterocycles. The fourth-order valence-corrected chi connectivity index (χ4v) is 4.34. The number of nitrogens with zero attached hydrogens (tertiary/aromatic N) is 1. The van der Waals surface area contributed by atoms with Gasteiger partial charge in [-0.1, -0.05) is 23.7 Å². The molecule has 0 fully saturated rings. The van der Waals surface area contributed by atoms with E-state index in [0.717, 1.165) is 33.5 Å². The Balaban J connectivity index is 1.82. The smallest absolute Gasteiger partial charge is 0.303 e. The first-order valence-corrected chi connectivity index (χ1v) is 10.2. The summed E-state index contributed by atoms with van der Waals surface area (Å²) in [6.45, 7) is 3.42. The van der Waals surface area contributed by atoms with Crippen molar-refractivity contribution < 1.29 is 19.1 Å². The van der Waals surface area contributed by atoms with Crippen LogP contribution in [0.4, 0.5) is 0 Å². The quantitative estimate of drug-likeness (QED) is 0.633. The van der Waals surface area contributed by atoms with Gasteiger partial charge in [0, 0.05) is 35.1 Å². The summed E-state index contributed by atoms with van der Waals surface area (Å²) in [5.74, 6) is 0.0347. The average molecular weight is 427 g/mol. The Morgan fingerprint density at radius 3 is 2.60 bits per heavy atom. The number of rotatable bonds is 4. The summed E-state index contributed by atoms with van der Waals surface area (Å²) in [6, 6.07) is 13.1. The Morgan fingerprint density at radius 2 is 1.93 bits per heavy atom. The highest BCUT2D eigenvalue weighted by molar-refractivity contribution is 6.31. The molecule has 1 amide bonds. The molecular formula is C23H23ClN2O4. The maximum Gasteiger partial charge on any atom is 0.303 e. The predicted octanol–water partition coefficient (Wildman–Crippen LogP) is 4.26. The summed E-state index contributed by atoms with van der Waals surface area (Å²) < 4.78 is 10.5. The molecule has 2 atom stereocenters. The molecule has 1 aliphatic heterocycles. The molecule has 1 aliphatic rings. The van der Waals surface area contributed by atoms with Crippen LogP contribution >= 0.6 is 11.6 Å². The first-order chi connectivity index (χ1) is 14.4. The number of hydrogen-bond acceptors (Lipinski definition) is 4. The zero-order valence-corrected chi connectivity index (χ0v) is 17.8. The fraction of sp³-hybridized carbons (Fsp3) is 0.304. The number of carbonyl (C=O) groups excluding carboxylic acids is 2. The van der Waals surface area contributed by atoms with Gasteiger partial charge in [0.05, 0.1) is 13.2 Å². The van der Waals surface area contributed by atoms with Crippen molar-refractivity contribution >= 4 is 34.4 Å². The number of aromatic amines is 1. The van der Waals surface area contributed by atoms with E-state index in [-0.39, 0.29) is 11.9 Å². The first-order valence-electron chi connectivity index (χ1n) is 9.80. The molecule has 0 spiro atoms. The number of hydrogen-bond donors (Lipinski definition) is 1. The minimum atomic E-state index is -0.858. The fourth-order valence-electron chi connectivity index (χ4n) is 4.16. The second-order valence-corrected chi connectivity index (χ2v) is 7.85. The van der Waals surface area contributed by atoms with Crippen molar-refractivity contribution in [1.82, 2.24) is 9.88 Å². The number of benzene rings is 2. The lowest BCUT2D eigenvalue weighted by Gasteiger charge is -2.37. The van der Waals surface area contributed by atoms with Crippen LogP contribution in [0.3, 0.4) is 0 Å². The molecule has 7 heteroatoms. The number of halogens is 1. The van der Waals surface area contributed by atoms with Gasteiger partial charge in [-0.25, -0.2) is 0 Å². The van der Waals surface area contributed by atoms with Gasteiger partial charge >= 0.3 is 5.97 Å². The lowest BCUT2D eigenvalue weighted by molar-refractivity contribution is -0.158. The van der Waals surface area contributed by atoms with E-state index in [0.29, 0.717) is 18.0 Å². The number of esters is 1. The van der Waals surface area contributed by atoms with Crippen molar-refractivity contribution in [2.24, 2.45) is 0 Å². The summed E-state index contributed by atoms with van der Waals surface area (Å²) in [7, 11) is 1.62. The van der Waals surface area contributed by atoms with Crippen LogP contribution in [0.1, 0.15) is 36.7 Å². The van der Waals surface area contributed by atoms with E-state index in [1.54, 1.807) is 18.9 Å². The van der Waals surface area contributed by atoms with E-state index in [4.69, 9.17) is 21.1 Å². The molecule has 0 radical (unpaired) electrons. The zero-order valence-electron chi connectivity index (χ0n) is 17.1. The molecule has 6 nitrogen and oxygen atoms in total. The third kappa shape index (κ3) is 3.63. The second-order valence-electron chi connectivity index (χ2n) is 7.42. The number of aromatic nitrogens is 1. The Bertz CT molecular complexity index is 1110. The molecule has 2 unspecified atom stereocenters. The molecule has 2 heterocycles. The third-order valence-electron chi connectivity index (χ3n) is 5.49. The van der Waals surface area contributed by atoms with Crippen LogP contribution in [-0.2, 0) is 20.7 Å². The Morgan fingerprint density at radius 1 is 1.20 bits per heavy atom. The molecule has 3 aromatic rings. The second kappa shape index (κ2) is 8.03. The summed E-state index contributed by atoms with van der Waals surface area (Å²) >= 11 is 6.23. The zero-order chi connectivity index (χ0) is 21.4. The standard InChI is InChI=1S/C23H23ClN2O4/c1-13(30-14(2)27)23(28)26-11-10-18-19-12-16(24)6-9-20(19)25-21(18)22(26)15-4-7-17(29-3)8-5-15/h4-9,12-13,22,25H,10-11H2,1-3H3. The SMILES string of the molecule is COc1ccc(C2c3[nH]c4ccc(Cl)cc4c3CCN2C(=O)C(C)OC(C)=O)cc1. The van der Waals surface area contributed by atoms with Gasteiger partial charge in [-0.15, -0.1) is 0 Å². The van der Waals surface area contributed by atoms with Gasteiger partial charge < -0.3 is 19.4 Å². The van der Waals surface area contributed by atoms with E-state index < -0.39 is 12.1 Å². The molecule has 2 aromatic carbocycles. The Labute approximate surface area is 179 Å². The summed E-state index contributed by atoms with van der Waals surface area (Å²) in [4.78, 5) is 29.9. The minimum Gasteiger partial charge on any atom is -0.497 e. The largest absolute Gasteiger partial charge is 0.497 e. The molecule has 4 rings (SSSR count). The lowest BCUT2D eigenvalue weighted by atomic mass is 9.92. The lowest BCUT2D eigenvalue weighted by Crippen LogP contribution is -2.45. The number of ether oxygens (including phenoxy) is 2. The van der Waals surface area contributed by atoms with Gasteiger partial charge in [0.2, 0.25) is 0 Å². The maximum absolute atomic E-state index is 13.2. The maximum atomic E-state index is 13.2. The van der Waals surface area contributed by atoms with Crippen molar-refractivity contribution in [2.45, 2.75) is 32.4 Å². The van der Waals surface area contributed by atoms with Gasteiger partial charge in [0.15, 0.2) is 6.10 Å². The van der Waals surface area contributed by atoms with Crippen LogP contribution in [0.5, 0.6) is 5.75 Å². The van der Waals surface area contributed by atoms with Crippen LogP contribution in [0.15, 0.2) is 42.5 Å². The van der Waals surface area contributed by atoms with Gasteiger partial charge in [-0.2, -0.15) is 0 Å². The number of H-pyrrole nitrogens is 1. The number of nitrogens with one attached hydrogen (secondary N) is 1. The number of carbonyl (C=O) groups is 2. The van der Waals surface area contributed by atoms with E-state index in [2.05, 4.69) is 4.98 Å². The predicted molar refractivity (Wildman–Crippen MR) is 115 cm³/mol. The molecule has 30 heavy (non-hydrogen) atoms. The van der Waals surface area contributed by atoms with Gasteiger partial charge in [-0.3, -0.25) is 9.59 Å². The number of fused-ring (bicyclic) bond motifs is 3. The Hall–Kier alpha value is -2.99. The summed E-state index contributed by atoms with van der Waals surface area (Å²) in [6.07, 6.45) is -0.176. The van der Waals surface area contributed by atoms with Crippen LogP contribution in [0, 0.1) is 0 Å². The molecule has 0 aliphatic carbocycles. The van der Waals surface area contributed by atoms with Crippen molar-refractivity contribution in [2.75, 3.05) is 13.7 Å². The van der Waals surface area contributed by atoms with Crippen LogP contribution in [0.2, 0.25) is 5.02 Å². The number of amides is 1. The first kappa shape index (κ1) is 20.3. The highest BCUT2D eigenvalue weighted by Crippen LogP contribution is 2.39. The third-order valence-corrected chi connectivity index (χ3v) is 5.73. The minimum absolute atomic E-state index is 0.228. The molecule has 0 saturated carbocycles. The van der Waals surface area contributed by atoms with Gasteiger partial charge in [0.25, 0.3) is 5.91 Å². The van der Waals surface area contributed by atoms with Gasteiger partial charge in [0.1, 0.15) is 5.75 Å². The van der Waals surface area contributed by atoms with Crippen LogP contribution < -0.4 is 4.74 Å². The van der Waals surface area contributed by atoms with Gasteiger partial charge in [-0.05, 0) is 54.8 Å². The van der Waals surface area contributed by atoms with Crippen molar-refractivity contribution in [3.05, 3.63) is 64.3 Å². The van der Waals surface area contributed by atoms with Crippen molar-refractivity contribution in [3.8, 4) is 5.75 Å². The van der Waals surface area contributed by atoms with Crippen LogP contribution in [0.25, 0.3) is 10.9 Å². The Kier molecular flexibility index (Phi) is 5.43. The molecule has 1 aromatic heterocycles.